The molecule has 3 amide bonds. The SMILES string of the molecule is O=CN1CCN(C(=O)C(=O)Nc2ccc3c(c2)OCCO3)CC1. The van der Waals surface area contributed by atoms with Gasteiger partial charge in [-0.05, 0) is 12.1 Å². The Bertz CT molecular complexity index is 626. The van der Waals surface area contributed by atoms with Crippen molar-refractivity contribution in [3.63, 3.8) is 0 Å². The summed E-state index contributed by atoms with van der Waals surface area (Å²) in [4.78, 5) is 37.9. The maximum atomic E-state index is 12.1. The second-order valence-corrected chi connectivity index (χ2v) is 5.25. The topological polar surface area (TPSA) is 88.2 Å². The highest BCUT2D eigenvalue weighted by atomic mass is 16.6. The molecule has 3 rings (SSSR count). The van der Waals surface area contributed by atoms with Crippen LogP contribution in [0.25, 0.3) is 0 Å². The summed E-state index contributed by atoms with van der Waals surface area (Å²) < 4.78 is 10.8. The third-order valence-electron chi connectivity index (χ3n) is 3.74. The van der Waals surface area contributed by atoms with Crippen LogP contribution in [0, 0.1) is 0 Å². The van der Waals surface area contributed by atoms with Crippen LogP contribution in [-0.2, 0) is 14.4 Å². The molecule has 1 aromatic carbocycles. The number of piperazine rings is 1. The van der Waals surface area contributed by atoms with E-state index in [-0.39, 0.29) is 0 Å². The van der Waals surface area contributed by atoms with Crippen LogP contribution in [0.4, 0.5) is 5.69 Å². The van der Waals surface area contributed by atoms with Crippen molar-refractivity contribution in [2.24, 2.45) is 0 Å². The van der Waals surface area contributed by atoms with Gasteiger partial charge in [-0.3, -0.25) is 14.4 Å². The number of nitrogens with one attached hydrogen (secondary N) is 1. The summed E-state index contributed by atoms with van der Waals surface area (Å²) in [6.07, 6.45) is 0.747. The number of hydrogen-bond donors (Lipinski definition) is 1. The van der Waals surface area contributed by atoms with E-state index in [2.05, 4.69) is 5.32 Å². The van der Waals surface area contributed by atoms with E-state index in [1.165, 1.54) is 4.90 Å². The Balaban J connectivity index is 1.60. The molecule has 8 nitrogen and oxygen atoms in total. The molecule has 0 atom stereocenters. The molecule has 8 heteroatoms. The largest absolute Gasteiger partial charge is 0.486 e. The first-order valence-electron chi connectivity index (χ1n) is 7.36. The van der Waals surface area contributed by atoms with Gasteiger partial charge in [-0.2, -0.15) is 0 Å². The number of anilines is 1. The van der Waals surface area contributed by atoms with E-state index in [1.54, 1.807) is 23.1 Å². The lowest BCUT2D eigenvalue weighted by atomic mass is 10.2. The van der Waals surface area contributed by atoms with Crippen LogP contribution in [-0.4, -0.2) is 67.4 Å². The summed E-state index contributed by atoms with van der Waals surface area (Å²) in [5.74, 6) is -0.154. The van der Waals surface area contributed by atoms with E-state index in [9.17, 15) is 14.4 Å². The third kappa shape index (κ3) is 3.36. The zero-order valence-electron chi connectivity index (χ0n) is 12.5. The predicted molar refractivity (Wildman–Crippen MR) is 80.3 cm³/mol. The molecule has 0 spiro atoms. The molecule has 122 valence electrons. The van der Waals surface area contributed by atoms with Gasteiger partial charge >= 0.3 is 11.8 Å². The van der Waals surface area contributed by atoms with Gasteiger partial charge < -0.3 is 24.6 Å². The average Bonchev–Trinajstić information content (AvgIpc) is 2.61. The molecule has 0 radical (unpaired) electrons. The van der Waals surface area contributed by atoms with Crippen LogP contribution in [0.5, 0.6) is 11.5 Å². The molecule has 0 aliphatic carbocycles. The summed E-state index contributed by atoms with van der Waals surface area (Å²) >= 11 is 0. The van der Waals surface area contributed by atoms with E-state index in [0.29, 0.717) is 56.6 Å². The Kier molecular flexibility index (Phi) is 4.31. The van der Waals surface area contributed by atoms with Crippen LogP contribution in [0.2, 0.25) is 0 Å². The molecule has 2 aliphatic rings. The van der Waals surface area contributed by atoms with Crippen molar-refractivity contribution in [2.75, 3.05) is 44.7 Å². The van der Waals surface area contributed by atoms with Crippen molar-refractivity contribution >= 4 is 23.9 Å². The van der Waals surface area contributed by atoms with Crippen molar-refractivity contribution < 1.29 is 23.9 Å². The fourth-order valence-corrected chi connectivity index (χ4v) is 2.48. The summed E-state index contributed by atoms with van der Waals surface area (Å²) in [6, 6.07) is 4.98. The molecule has 0 unspecified atom stereocenters. The molecule has 1 N–H and O–H groups in total. The smallest absolute Gasteiger partial charge is 0.313 e. The van der Waals surface area contributed by atoms with Gasteiger partial charge in [-0.25, -0.2) is 0 Å². The first-order chi connectivity index (χ1) is 11.2. The van der Waals surface area contributed by atoms with Crippen LogP contribution in [0.15, 0.2) is 18.2 Å². The maximum absolute atomic E-state index is 12.1. The second kappa shape index (κ2) is 6.55. The second-order valence-electron chi connectivity index (χ2n) is 5.25. The number of benzene rings is 1. The van der Waals surface area contributed by atoms with Crippen molar-refractivity contribution in [2.45, 2.75) is 0 Å². The first kappa shape index (κ1) is 15.1. The van der Waals surface area contributed by atoms with Crippen LogP contribution >= 0.6 is 0 Å². The fraction of sp³-hybridized carbons (Fsp3) is 0.400. The standard InChI is InChI=1S/C15H17N3O5/c19-10-17-3-5-18(6-4-17)15(21)14(20)16-11-1-2-12-13(9-11)23-8-7-22-12/h1-2,9-10H,3-8H2,(H,16,20). The minimum atomic E-state index is -0.707. The Morgan fingerprint density at radius 2 is 1.74 bits per heavy atom. The van der Waals surface area contributed by atoms with Gasteiger partial charge in [-0.1, -0.05) is 0 Å². The average molecular weight is 319 g/mol. The van der Waals surface area contributed by atoms with Gasteiger partial charge in [0.1, 0.15) is 13.2 Å². The maximum Gasteiger partial charge on any atom is 0.313 e. The van der Waals surface area contributed by atoms with Gasteiger partial charge in [0.25, 0.3) is 0 Å². The molecule has 1 fully saturated rings. The lowest BCUT2D eigenvalue weighted by Crippen LogP contribution is -2.51. The summed E-state index contributed by atoms with van der Waals surface area (Å²) in [5.41, 5.74) is 0.471. The molecule has 0 bridgehead atoms. The minimum absolute atomic E-state index is 0.353. The monoisotopic (exact) mass is 319 g/mol. The number of carbonyl (C=O) groups excluding carboxylic acids is 3. The zero-order chi connectivity index (χ0) is 16.2. The molecular weight excluding hydrogens is 302 g/mol. The molecular formula is C15H17N3O5. The van der Waals surface area contributed by atoms with Gasteiger partial charge in [0.05, 0.1) is 0 Å². The van der Waals surface area contributed by atoms with Crippen LogP contribution in [0.3, 0.4) is 0 Å². The Morgan fingerprint density at radius 3 is 2.43 bits per heavy atom. The molecule has 1 saturated heterocycles. The molecule has 2 aliphatic heterocycles. The van der Waals surface area contributed by atoms with E-state index in [4.69, 9.17) is 9.47 Å². The first-order valence-corrected chi connectivity index (χ1v) is 7.36. The highest BCUT2D eigenvalue weighted by Gasteiger charge is 2.25. The number of fused-ring (bicyclic) bond motifs is 1. The molecule has 0 aromatic heterocycles. The van der Waals surface area contributed by atoms with Crippen LogP contribution < -0.4 is 14.8 Å². The summed E-state index contributed by atoms with van der Waals surface area (Å²) in [7, 11) is 0. The number of nitrogens with zero attached hydrogens (tertiary/aromatic N) is 2. The summed E-state index contributed by atoms with van der Waals surface area (Å²) in [5, 5.41) is 2.57. The number of rotatable bonds is 2. The van der Waals surface area contributed by atoms with Gasteiger partial charge in [-0.15, -0.1) is 0 Å². The van der Waals surface area contributed by atoms with Crippen molar-refractivity contribution in [1.29, 1.82) is 0 Å². The highest BCUT2D eigenvalue weighted by Crippen LogP contribution is 2.32. The van der Waals surface area contributed by atoms with Crippen LogP contribution in [0.1, 0.15) is 0 Å². The van der Waals surface area contributed by atoms with Gasteiger partial charge in [0, 0.05) is 37.9 Å². The third-order valence-corrected chi connectivity index (χ3v) is 3.74. The van der Waals surface area contributed by atoms with Gasteiger partial charge in [0.2, 0.25) is 6.41 Å². The fourth-order valence-electron chi connectivity index (χ4n) is 2.48. The Morgan fingerprint density at radius 1 is 1.04 bits per heavy atom. The van der Waals surface area contributed by atoms with E-state index >= 15 is 0 Å². The normalized spacial score (nSPS) is 16.7. The Labute approximate surface area is 132 Å². The summed E-state index contributed by atoms with van der Waals surface area (Å²) in [6.45, 7) is 2.52. The van der Waals surface area contributed by atoms with Crippen molar-refractivity contribution in [3.8, 4) is 11.5 Å². The predicted octanol–water partition coefficient (Wildman–Crippen LogP) is -0.303. The van der Waals surface area contributed by atoms with Crippen molar-refractivity contribution in [1.82, 2.24) is 9.80 Å². The van der Waals surface area contributed by atoms with E-state index < -0.39 is 11.8 Å². The lowest BCUT2D eigenvalue weighted by Gasteiger charge is -2.32. The molecule has 1 aromatic rings. The number of hydrogen-bond acceptors (Lipinski definition) is 5. The quantitative estimate of drug-likeness (QED) is 0.597. The Hall–Kier alpha value is -2.77. The minimum Gasteiger partial charge on any atom is -0.486 e. The lowest BCUT2D eigenvalue weighted by molar-refractivity contribution is -0.144. The van der Waals surface area contributed by atoms with E-state index in [0.717, 1.165) is 6.41 Å². The molecule has 0 saturated carbocycles. The molecule has 23 heavy (non-hydrogen) atoms. The zero-order valence-corrected chi connectivity index (χ0v) is 12.5. The van der Waals surface area contributed by atoms with Crippen molar-refractivity contribution in [3.05, 3.63) is 18.2 Å². The molecule has 2 heterocycles. The van der Waals surface area contributed by atoms with Gasteiger partial charge in [0.15, 0.2) is 11.5 Å². The van der Waals surface area contributed by atoms with E-state index in [1.807, 2.05) is 0 Å². The number of amides is 3. The number of carbonyl (C=O) groups is 3. The highest BCUT2D eigenvalue weighted by molar-refractivity contribution is 6.39. The number of ether oxygens (including phenoxy) is 2.